The summed E-state index contributed by atoms with van der Waals surface area (Å²) in [5, 5.41) is 14.0. The Morgan fingerprint density at radius 3 is 2.27 bits per heavy atom. The standard InChI is InChI=1S/C22H26FN3O4/c1-15(2)13-24-22(28)16(3)25(14-18-9-4-6-10-19(18)23)21(27)12-17-8-5-7-11-20(17)26(29)30/h4-11,15-16H,12-14H2,1-3H3,(H,24,28). The highest BCUT2D eigenvalue weighted by Gasteiger charge is 2.28. The summed E-state index contributed by atoms with van der Waals surface area (Å²) in [5.74, 6) is -1.13. The number of benzene rings is 2. The second kappa shape index (κ2) is 10.5. The molecule has 0 aromatic heterocycles. The monoisotopic (exact) mass is 415 g/mol. The van der Waals surface area contributed by atoms with Crippen LogP contribution in [0.25, 0.3) is 0 Å². The summed E-state index contributed by atoms with van der Waals surface area (Å²) < 4.78 is 14.2. The van der Waals surface area contributed by atoms with Crippen molar-refractivity contribution in [3.63, 3.8) is 0 Å². The smallest absolute Gasteiger partial charge is 0.273 e. The normalized spacial score (nSPS) is 11.8. The number of nitro benzene ring substituents is 1. The Hall–Kier alpha value is -3.29. The minimum Gasteiger partial charge on any atom is -0.354 e. The number of hydrogen-bond donors (Lipinski definition) is 1. The topological polar surface area (TPSA) is 92.6 Å². The molecule has 0 spiro atoms. The van der Waals surface area contributed by atoms with Crippen LogP contribution < -0.4 is 5.32 Å². The predicted octanol–water partition coefficient (Wildman–Crippen LogP) is 3.47. The van der Waals surface area contributed by atoms with E-state index in [4.69, 9.17) is 0 Å². The first-order chi connectivity index (χ1) is 14.2. The van der Waals surface area contributed by atoms with E-state index in [9.17, 15) is 24.1 Å². The molecule has 2 amide bonds. The summed E-state index contributed by atoms with van der Waals surface area (Å²) in [5.41, 5.74) is 0.325. The highest BCUT2D eigenvalue weighted by Crippen LogP contribution is 2.21. The molecule has 0 bridgehead atoms. The molecule has 30 heavy (non-hydrogen) atoms. The predicted molar refractivity (Wildman–Crippen MR) is 111 cm³/mol. The van der Waals surface area contributed by atoms with Gasteiger partial charge in [-0.25, -0.2) is 4.39 Å². The molecule has 1 atom stereocenters. The van der Waals surface area contributed by atoms with E-state index < -0.39 is 22.7 Å². The minimum atomic E-state index is -0.876. The van der Waals surface area contributed by atoms with Gasteiger partial charge in [0.15, 0.2) is 0 Å². The largest absolute Gasteiger partial charge is 0.354 e. The van der Waals surface area contributed by atoms with Crippen molar-refractivity contribution in [2.75, 3.05) is 6.54 Å². The van der Waals surface area contributed by atoms with Gasteiger partial charge in [0.2, 0.25) is 11.8 Å². The van der Waals surface area contributed by atoms with Crippen LogP contribution >= 0.6 is 0 Å². The molecule has 0 heterocycles. The van der Waals surface area contributed by atoms with Crippen molar-refractivity contribution in [1.29, 1.82) is 0 Å². The highest BCUT2D eigenvalue weighted by atomic mass is 19.1. The third-order valence-corrected chi connectivity index (χ3v) is 4.68. The summed E-state index contributed by atoms with van der Waals surface area (Å²) in [6.07, 6.45) is -0.270. The Morgan fingerprint density at radius 2 is 1.67 bits per heavy atom. The van der Waals surface area contributed by atoms with E-state index in [1.165, 1.54) is 35.2 Å². The van der Waals surface area contributed by atoms with E-state index in [-0.39, 0.29) is 41.6 Å². The molecule has 7 nitrogen and oxygen atoms in total. The molecule has 2 aromatic carbocycles. The summed E-state index contributed by atoms with van der Waals surface area (Å²) in [6.45, 7) is 5.77. The van der Waals surface area contributed by atoms with Gasteiger partial charge in [-0.2, -0.15) is 0 Å². The van der Waals surface area contributed by atoms with Crippen LogP contribution in [0, 0.1) is 21.8 Å². The Balaban J connectivity index is 2.30. The molecular formula is C22H26FN3O4. The zero-order chi connectivity index (χ0) is 22.3. The molecule has 0 radical (unpaired) electrons. The van der Waals surface area contributed by atoms with E-state index in [0.29, 0.717) is 6.54 Å². The lowest BCUT2D eigenvalue weighted by molar-refractivity contribution is -0.385. The molecule has 2 rings (SSSR count). The highest BCUT2D eigenvalue weighted by molar-refractivity contribution is 5.88. The second-order valence-corrected chi connectivity index (χ2v) is 7.49. The van der Waals surface area contributed by atoms with Crippen LogP contribution in [0.4, 0.5) is 10.1 Å². The molecule has 0 saturated carbocycles. The fourth-order valence-electron chi connectivity index (χ4n) is 2.95. The van der Waals surface area contributed by atoms with Gasteiger partial charge >= 0.3 is 0 Å². The second-order valence-electron chi connectivity index (χ2n) is 7.49. The van der Waals surface area contributed by atoms with E-state index in [2.05, 4.69) is 5.32 Å². The lowest BCUT2D eigenvalue weighted by Gasteiger charge is -2.29. The van der Waals surface area contributed by atoms with Crippen molar-refractivity contribution in [2.45, 2.75) is 39.8 Å². The quantitative estimate of drug-likeness (QED) is 0.501. The maximum Gasteiger partial charge on any atom is 0.273 e. The molecule has 1 N–H and O–H groups in total. The number of nitrogens with one attached hydrogen (secondary N) is 1. The Kier molecular flexibility index (Phi) is 8.03. The van der Waals surface area contributed by atoms with Gasteiger partial charge in [-0.1, -0.05) is 50.2 Å². The lowest BCUT2D eigenvalue weighted by atomic mass is 10.1. The third-order valence-electron chi connectivity index (χ3n) is 4.68. The first-order valence-corrected chi connectivity index (χ1v) is 9.73. The summed E-state index contributed by atoms with van der Waals surface area (Å²) in [6, 6.07) is 11.1. The first kappa shape index (κ1) is 23.0. The van der Waals surface area contributed by atoms with Gasteiger partial charge < -0.3 is 10.2 Å². The molecule has 0 saturated heterocycles. The molecule has 0 aliphatic carbocycles. The number of hydrogen-bond acceptors (Lipinski definition) is 4. The lowest BCUT2D eigenvalue weighted by Crippen LogP contribution is -2.48. The fourth-order valence-corrected chi connectivity index (χ4v) is 2.95. The maximum absolute atomic E-state index is 14.2. The van der Waals surface area contributed by atoms with Crippen molar-refractivity contribution < 1.29 is 18.9 Å². The van der Waals surface area contributed by atoms with Crippen molar-refractivity contribution in [2.24, 2.45) is 5.92 Å². The average Bonchev–Trinajstić information content (AvgIpc) is 2.71. The SMILES string of the molecule is CC(C)CNC(=O)C(C)N(Cc1ccccc1F)C(=O)Cc1ccccc1[N+](=O)[O-]. The Labute approximate surface area is 175 Å². The fraction of sp³-hybridized carbons (Fsp3) is 0.364. The molecule has 2 aromatic rings. The Morgan fingerprint density at radius 1 is 1.07 bits per heavy atom. The van der Waals surface area contributed by atoms with E-state index in [1.807, 2.05) is 13.8 Å². The van der Waals surface area contributed by atoms with E-state index in [0.717, 1.165) is 0 Å². The van der Waals surface area contributed by atoms with Gasteiger partial charge in [0.1, 0.15) is 11.9 Å². The third kappa shape index (κ3) is 6.10. The van der Waals surface area contributed by atoms with Gasteiger partial charge in [-0.05, 0) is 18.9 Å². The maximum atomic E-state index is 14.2. The van der Waals surface area contributed by atoms with E-state index in [1.54, 1.807) is 25.1 Å². The number of nitrogens with zero attached hydrogens (tertiary/aromatic N) is 2. The van der Waals surface area contributed by atoms with Crippen LogP contribution in [0.2, 0.25) is 0 Å². The van der Waals surface area contributed by atoms with E-state index >= 15 is 0 Å². The number of para-hydroxylation sites is 1. The molecule has 0 fully saturated rings. The van der Waals surface area contributed by atoms with Gasteiger partial charge in [0, 0.05) is 30.3 Å². The van der Waals surface area contributed by atoms with Gasteiger partial charge in [0.05, 0.1) is 11.3 Å². The summed E-state index contributed by atoms with van der Waals surface area (Å²) >= 11 is 0. The summed E-state index contributed by atoms with van der Waals surface area (Å²) in [7, 11) is 0. The number of rotatable bonds is 9. The number of amides is 2. The van der Waals surface area contributed by atoms with Crippen LogP contribution in [0.1, 0.15) is 31.9 Å². The van der Waals surface area contributed by atoms with Crippen LogP contribution in [-0.2, 0) is 22.6 Å². The zero-order valence-electron chi connectivity index (χ0n) is 17.3. The number of halogens is 1. The molecule has 0 aliphatic rings. The Bertz CT molecular complexity index is 917. The van der Waals surface area contributed by atoms with Crippen molar-refractivity contribution in [3.05, 3.63) is 75.6 Å². The van der Waals surface area contributed by atoms with Crippen LogP contribution in [0.15, 0.2) is 48.5 Å². The molecular weight excluding hydrogens is 389 g/mol. The number of nitro groups is 1. The average molecular weight is 415 g/mol. The van der Waals surface area contributed by atoms with Crippen molar-refractivity contribution in [1.82, 2.24) is 10.2 Å². The molecule has 8 heteroatoms. The molecule has 160 valence electrons. The number of carbonyl (C=O) groups is 2. The van der Waals surface area contributed by atoms with Crippen molar-refractivity contribution in [3.8, 4) is 0 Å². The van der Waals surface area contributed by atoms with Gasteiger partial charge in [0.25, 0.3) is 5.69 Å². The minimum absolute atomic E-state index is 0.123. The summed E-state index contributed by atoms with van der Waals surface area (Å²) in [4.78, 5) is 37.6. The van der Waals surface area contributed by atoms with Crippen LogP contribution in [0.3, 0.4) is 0 Å². The zero-order valence-corrected chi connectivity index (χ0v) is 17.3. The van der Waals surface area contributed by atoms with Crippen LogP contribution in [-0.4, -0.2) is 34.2 Å². The van der Waals surface area contributed by atoms with Crippen molar-refractivity contribution >= 4 is 17.5 Å². The number of carbonyl (C=O) groups excluding carboxylic acids is 2. The van der Waals surface area contributed by atoms with Crippen LogP contribution in [0.5, 0.6) is 0 Å². The molecule has 0 aliphatic heterocycles. The van der Waals surface area contributed by atoms with Gasteiger partial charge in [-0.3, -0.25) is 19.7 Å². The molecule has 1 unspecified atom stereocenters. The van der Waals surface area contributed by atoms with Gasteiger partial charge in [-0.15, -0.1) is 0 Å². The first-order valence-electron chi connectivity index (χ1n) is 9.73.